The van der Waals surface area contributed by atoms with Crippen molar-refractivity contribution in [3.8, 4) is 0 Å². The van der Waals surface area contributed by atoms with Crippen LogP contribution in [-0.2, 0) is 10.1 Å². The molecule has 4 nitrogen and oxygen atoms in total. The van der Waals surface area contributed by atoms with Crippen molar-refractivity contribution in [3.63, 3.8) is 0 Å². The molecule has 1 atom stereocenters. The summed E-state index contributed by atoms with van der Waals surface area (Å²) in [5, 5.41) is -0.646. The Kier molecular flexibility index (Phi) is 26.0. The van der Waals surface area contributed by atoms with Crippen LogP contribution < -0.4 is 0 Å². The molecule has 0 heterocycles. The van der Waals surface area contributed by atoms with Gasteiger partial charge in [-0.3, -0.25) is 0 Å². The fraction of sp³-hybridized carbons (Fsp3) is 1.00. The molecule has 0 bridgehead atoms. The highest BCUT2D eigenvalue weighted by molar-refractivity contribution is 7.86. The molecule has 1 unspecified atom stereocenters. The van der Waals surface area contributed by atoms with Crippen LogP contribution in [0.1, 0.15) is 157 Å². The van der Waals surface area contributed by atoms with E-state index in [9.17, 15) is 13.0 Å². The first-order chi connectivity index (χ1) is 16.3. The lowest BCUT2D eigenvalue weighted by Gasteiger charge is -2.34. The summed E-state index contributed by atoms with van der Waals surface area (Å²) in [5.74, 6) is 0. The second-order valence-corrected chi connectivity index (χ2v) is 11.9. The quantitative estimate of drug-likeness (QED) is 0.0791. The maximum absolute atomic E-state index is 11.4. The van der Waals surface area contributed by atoms with Crippen LogP contribution in [0.15, 0.2) is 0 Å². The first kappa shape index (κ1) is 36.0. The minimum atomic E-state index is -4.12. The largest absolute Gasteiger partial charge is 0.748 e. The summed E-state index contributed by atoms with van der Waals surface area (Å²) < 4.78 is 35.6. The molecule has 0 aliphatic rings. The highest BCUT2D eigenvalue weighted by Gasteiger charge is 2.16. The van der Waals surface area contributed by atoms with E-state index in [0.29, 0.717) is 12.8 Å². The van der Waals surface area contributed by atoms with Crippen molar-refractivity contribution in [2.75, 3.05) is 26.2 Å². The minimum absolute atomic E-state index is 0.566. The fourth-order valence-corrected chi connectivity index (χ4v) is 5.70. The molecule has 0 aliphatic heterocycles. The lowest BCUT2D eigenvalue weighted by molar-refractivity contribution is -0.921. The highest BCUT2D eigenvalue weighted by Crippen LogP contribution is 2.19. The van der Waals surface area contributed by atoms with Crippen LogP contribution in [0.25, 0.3) is 0 Å². The van der Waals surface area contributed by atoms with Crippen LogP contribution in [0, 0.1) is 0 Å². The van der Waals surface area contributed by atoms with Crippen LogP contribution in [0.5, 0.6) is 0 Å². The van der Waals surface area contributed by atoms with E-state index in [1.807, 2.05) is 0 Å². The highest BCUT2D eigenvalue weighted by atomic mass is 32.2. The Balaban J connectivity index is 0. The zero-order valence-electron chi connectivity index (χ0n) is 24.2. The lowest BCUT2D eigenvalue weighted by Crippen LogP contribution is -2.47. The van der Waals surface area contributed by atoms with Crippen LogP contribution >= 0.6 is 0 Å². The third-order valence-corrected chi connectivity index (χ3v) is 9.14. The van der Waals surface area contributed by atoms with Gasteiger partial charge in [0, 0.05) is 5.25 Å². The average Bonchev–Trinajstić information content (AvgIpc) is 2.82. The molecule has 0 spiro atoms. The molecule has 0 rings (SSSR count). The molecule has 0 saturated carbocycles. The number of nitrogens with zero attached hydrogens (tertiary/aromatic N) is 1. The van der Waals surface area contributed by atoms with Gasteiger partial charge in [-0.1, -0.05) is 117 Å². The minimum Gasteiger partial charge on any atom is -0.748 e. The predicted molar refractivity (Wildman–Crippen MR) is 150 cm³/mol. The van der Waals surface area contributed by atoms with E-state index in [4.69, 9.17) is 0 Å². The van der Waals surface area contributed by atoms with E-state index in [1.54, 1.807) is 0 Å². The molecule has 0 saturated heterocycles. The van der Waals surface area contributed by atoms with Crippen molar-refractivity contribution in [2.24, 2.45) is 0 Å². The van der Waals surface area contributed by atoms with Gasteiger partial charge in [0.2, 0.25) is 0 Å². The molecule has 0 aliphatic carbocycles. The SMILES string of the molecule is CCCCCCCCCCCC(CCCCCCCCC)S(=O)(=O)[O-].CC[N+](CC)(CC)CC. The number of rotatable bonds is 23. The third kappa shape index (κ3) is 21.2. The second kappa shape index (κ2) is 24.6. The van der Waals surface area contributed by atoms with E-state index >= 15 is 0 Å². The molecule has 0 radical (unpaired) electrons. The second-order valence-electron chi connectivity index (χ2n) is 10.2. The maximum atomic E-state index is 11.4. The molecular weight excluding hydrogens is 442 g/mol. The first-order valence-corrected chi connectivity index (χ1v) is 16.5. The summed E-state index contributed by atoms with van der Waals surface area (Å²) in [4.78, 5) is 0. The van der Waals surface area contributed by atoms with Gasteiger partial charge < -0.3 is 9.04 Å². The Morgan fingerprint density at radius 1 is 0.500 bits per heavy atom. The van der Waals surface area contributed by atoms with Crippen molar-refractivity contribution in [3.05, 3.63) is 0 Å². The van der Waals surface area contributed by atoms with Gasteiger partial charge in [-0.05, 0) is 40.5 Å². The van der Waals surface area contributed by atoms with Gasteiger partial charge in [0.25, 0.3) is 0 Å². The molecule has 34 heavy (non-hydrogen) atoms. The normalized spacial score (nSPS) is 12.9. The van der Waals surface area contributed by atoms with Gasteiger partial charge in [0.05, 0.1) is 36.3 Å². The first-order valence-electron chi connectivity index (χ1n) is 15.1. The van der Waals surface area contributed by atoms with Gasteiger partial charge in [-0.2, -0.15) is 0 Å². The summed E-state index contributed by atoms with van der Waals surface area (Å²) in [6.45, 7) is 18.7. The molecular formula is C29H63NO3S. The molecule has 5 heteroatoms. The van der Waals surface area contributed by atoms with E-state index in [1.165, 1.54) is 108 Å². The molecule has 0 aromatic rings. The van der Waals surface area contributed by atoms with Crippen molar-refractivity contribution in [1.82, 2.24) is 0 Å². The van der Waals surface area contributed by atoms with Gasteiger partial charge in [0.1, 0.15) is 0 Å². The zero-order chi connectivity index (χ0) is 26.1. The molecule has 0 N–H and O–H groups in total. The Bertz CT molecular complexity index is 486. The van der Waals surface area contributed by atoms with Gasteiger partial charge in [0.15, 0.2) is 0 Å². The number of hydrogen-bond donors (Lipinski definition) is 0. The Morgan fingerprint density at radius 3 is 0.971 bits per heavy atom. The van der Waals surface area contributed by atoms with Crippen molar-refractivity contribution in [1.29, 1.82) is 0 Å². The number of hydrogen-bond acceptors (Lipinski definition) is 3. The van der Waals surface area contributed by atoms with Crippen LogP contribution in [0.3, 0.4) is 0 Å². The summed E-state index contributed by atoms with van der Waals surface area (Å²) in [6, 6.07) is 0. The molecule has 208 valence electrons. The monoisotopic (exact) mass is 505 g/mol. The Morgan fingerprint density at radius 2 is 0.765 bits per heavy atom. The van der Waals surface area contributed by atoms with E-state index in [0.717, 1.165) is 25.7 Å². The summed E-state index contributed by atoms with van der Waals surface area (Å²) in [6.07, 6.45) is 20.2. The molecule has 0 fully saturated rings. The topological polar surface area (TPSA) is 57.2 Å². The van der Waals surface area contributed by atoms with E-state index < -0.39 is 15.4 Å². The summed E-state index contributed by atoms with van der Waals surface area (Å²) >= 11 is 0. The summed E-state index contributed by atoms with van der Waals surface area (Å²) in [5.41, 5.74) is 0. The fourth-order valence-electron chi connectivity index (χ4n) is 4.79. The smallest absolute Gasteiger partial charge is 0.0975 e. The van der Waals surface area contributed by atoms with Crippen molar-refractivity contribution in [2.45, 2.75) is 162 Å². The predicted octanol–water partition coefficient (Wildman–Crippen LogP) is 8.84. The summed E-state index contributed by atoms with van der Waals surface area (Å²) in [7, 11) is -4.12. The number of quaternary nitrogens is 1. The lowest BCUT2D eigenvalue weighted by atomic mass is 10.0. The Labute approximate surface area is 216 Å². The average molecular weight is 506 g/mol. The van der Waals surface area contributed by atoms with Crippen molar-refractivity contribution >= 4 is 10.1 Å². The third-order valence-electron chi connectivity index (χ3n) is 7.85. The van der Waals surface area contributed by atoms with Gasteiger partial charge >= 0.3 is 0 Å². The maximum Gasteiger partial charge on any atom is 0.0975 e. The molecule has 0 aromatic carbocycles. The van der Waals surface area contributed by atoms with Crippen molar-refractivity contribution < 1.29 is 17.5 Å². The molecule has 0 amide bonds. The van der Waals surface area contributed by atoms with Crippen LogP contribution in [0.2, 0.25) is 0 Å². The van der Waals surface area contributed by atoms with Crippen LogP contribution in [-0.4, -0.2) is 48.9 Å². The van der Waals surface area contributed by atoms with Gasteiger partial charge in [-0.15, -0.1) is 0 Å². The van der Waals surface area contributed by atoms with Gasteiger partial charge in [-0.25, -0.2) is 8.42 Å². The molecule has 0 aromatic heterocycles. The number of unbranched alkanes of at least 4 members (excludes halogenated alkanes) is 14. The van der Waals surface area contributed by atoms with E-state index in [-0.39, 0.29) is 0 Å². The van der Waals surface area contributed by atoms with E-state index in [2.05, 4.69) is 41.5 Å². The zero-order valence-corrected chi connectivity index (χ0v) is 25.0. The standard InChI is InChI=1S/C21H44O3S.C8H20N/c1-3-5-7-9-11-12-14-16-18-20-21(25(22,23)24)19-17-15-13-10-8-6-4-2;1-5-9(6-2,7-3)8-4/h21H,3-20H2,1-2H3,(H,22,23,24);5-8H2,1-4H3/q;+1/p-1. The Hall–Kier alpha value is -0.130. The van der Waals surface area contributed by atoms with Crippen LogP contribution in [0.4, 0.5) is 0 Å².